The normalized spacial score (nSPS) is 26.5. The van der Waals surface area contributed by atoms with Crippen LogP contribution in [0.4, 0.5) is 4.39 Å². The maximum absolute atomic E-state index is 12.7. The maximum atomic E-state index is 12.7. The molecule has 2 rings (SSSR count). The molecule has 0 spiro atoms. The molecule has 0 bridgehead atoms. The summed E-state index contributed by atoms with van der Waals surface area (Å²) in [5.74, 6) is 1.05. The highest BCUT2D eigenvalue weighted by molar-refractivity contribution is 8.00. The van der Waals surface area contributed by atoms with Gasteiger partial charge in [-0.2, -0.15) is 0 Å². The third-order valence-corrected chi connectivity index (χ3v) is 4.11. The highest BCUT2D eigenvalue weighted by atomic mass is 32.2. The lowest BCUT2D eigenvalue weighted by molar-refractivity contribution is 0.483. The minimum absolute atomic E-state index is 0.121. The molecular formula is C12H16FNS. The Hall–Kier alpha value is -0.540. The predicted octanol–water partition coefficient (Wildman–Crippen LogP) is 2.81. The van der Waals surface area contributed by atoms with Gasteiger partial charge in [0.25, 0.3) is 0 Å². The van der Waals surface area contributed by atoms with Crippen molar-refractivity contribution in [1.82, 2.24) is 5.32 Å². The van der Waals surface area contributed by atoms with Crippen molar-refractivity contribution in [3.63, 3.8) is 0 Å². The first kappa shape index (κ1) is 11.0. The molecule has 0 saturated carbocycles. The van der Waals surface area contributed by atoms with Crippen molar-refractivity contribution in [2.75, 3.05) is 12.3 Å². The molecule has 1 aliphatic heterocycles. The predicted molar refractivity (Wildman–Crippen MR) is 63.6 cm³/mol. The summed E-state index contributed by atoms with van der Waals surface area (Å²) in [7, 11) is 0. The van der Waals surface area contributed by atoms with Crippen molar-refractivity contribution in [3.05, 3.63) is 35.6 Å². The number of thioether (sulfide) groups is 1. The second-order valence-electron chi connectivity index (χ2n) is 4.16. The van der Waals surface area contributed by atoms with Crippen LogP contribution in [0.5, 0.6) is 0 Å². The van der Waals surface area contributed by atoms with E-state index in [9.17, 15) is 4.39 Å². The molecule has 1 atom stereocenters. The van der Waals surface area contributed by atoms with Gasteiger partial charge in [-0.25, -0.2) is 4.39 Å². The van der Waals surface area contributed by atoms with Gasteiger partial charge in [0.1, 0.15) is 5.82 Å². The quantitative estimate of drug-likeness (QED) is 0.830. The molecule has 0 aliphatic carbocycles. The molecule has 3 heteroatoms. The molecule has 1 aliphatic rings. The van der Waals surface area contributed by atoms with Crippen molar-refractivity contribution in [1.29, 1.82) is 0 Å². The SMILES string of the molecule is CC1(Cc2ccc(F)cc2)NCCCS1. The van der Waals surface area contributed by atoms with Gasteiger partial charge in [-0.15, -0.1) is 11.8 Å². The first-order valence-electron chi connectivity index (χ1n) is 5.31. The Morgan fingerprint density at radius 1 is 1.40 bits per heavy atom. The van der Waals surface area contributed by atoms with E-state index >= 15 is 0 Å². The van der Waals surface area contributed by atoms with Crippen LogP contribution >= 0.6 is 11.8 Å². The van der Waals surface area contributed by atoms with Crippen LogP contribution in [0.2, 0.25) is 0 Å². The number of halogens is 1. The van der Waals surface area contributed by atoms with Gasteiger partial charge in [0.15, 0.2) is 0 Å². The molecule has 0 aromatic heterocycles. The number of hydrogen-bond donors (Lipinski definition) is 1. The molecule has 1 saturated heterocycles. The first-order valence-corrected chi connectivity index (χ1v) is 6.30. The van der Waals surface area contributed by atoms with E-state index in [0.29, 0.717) is 0 Å². The van der Waals surface area contributed by atoms with Crippen LogP contribution in [-0.2, 0) is 6.42 Å². The molecule has 0 radical (unpaired) electrons. The minimum Gasteiger partial charge on any atom is -0.303 e. The van der Waals surface area contributed by atoms with Crippen LogP contribution < -0.4 is 5.32 Å². The second kappa shape index (κ2) is 4.54. The van der Waals surface area contributed by atoms with Crippen LogP contribution in [0.15, 0.2) is 24.3 Å². The Bertz CT molecular complexity index is 317. The summed E-state index contributed by atoms with van der Waals surface area (Å²) in [6, 6.07) is 6.81. The lowest BCUT2D eigenvalue weighted by atomic mass is 10.1. The van der Waals surface area contributed by atoms with E-state index in [1.165, 1.54) is 29.9 Å². The Morgan fingerprint density at radius 3 is 2.73 bits per heavy atom. The van der Waals surface area contributed by atoms with Crippen molar-refractivity contribution in [2.24, 2.45) is 0 Å². The van der Waals surface area contributed by atoms with Gasteiger partial charge in [0, 0.05) is 0 Å². The molecular weight excluding hydrogens is 209 g/mol. The molecule has 1 heterocycles. The van der Waals surface area contributed by atoms with Gasteiger partial charge in [0.2, 0.25) is 0 Å². The van der Waals surface area contributed by atoms with E-state index < -0.39 is 0 Å². The van der Waals surface area contributed by atoms with Gasteiger partial charge >= 0.3 is 0 Å². The fraction of sp³-hybridized carbons (Fsp3) is 0.500. The fourth-order valence-corrected chi connectivity index (χ4v) is 3.09. The zero-order chi connectivity index (χ0) is 10.7. The summed E-state index contributed by atoms with van der Waals surface area (Å²) in [6.07, 6.45) is 2.20. The number of rotatable bonds is 2. The van der Waals surface area contributed by atoms with Crippen LogP contribution in [-0.4, -0.2) is 17.2 Å². The van der Waals surface area contributed by atoms with E-state index in [0.717, 1.165) is 13.0 Å². The van der Waals surface area contributed by atoms with Crippen molar-refractivity contribution < 1.29 is 4.39 Å². The molecule has 1 N–H and O–H groups in total. The standard InChI is InChI=1S/C12H16FNS/c1-12(14-7-2-8-15-12)9-10-3-5-11(13)6-4-10/h3-6,14H,2,7-9H2,1H3. The van der Waals surface area contributed by atoms with Crippen LogP contribution in [0.1, 0.15) is 18.9 Å². The summed E-state index contributed by atoms with van der Waals surface area (Å²) in [6.45, 7) is 3.31. The number of hydrogen-bond acceptors (Lipinski definition) is 2. The third-order valence-electron chi connectivity index (χ3n) is 2.70. The molecule has 1 unspecified atom stereocenters. The number of benzene rings is 1. The van der Waals surface area contributed by atoms with E-state index in [1.807, 2.05) is 23.9 Å². The first-order chi connectivity index (χ1) is 7.18. The third kappa shape index (κ3) is 2.95. The largest absolute Gasteiger partial charge is 0.303 e. The maximum Gasteiger partial charge on any atom is 0.123 e. The Labute approximate surface area is 94.5 Å². The molecule has 1 fully saturated rings. The summed E-state index contributed by atoms with van der Waals surface area (Å²) in [4.78, 5) is 0.121. The molecule has 1 nitrogen and oxygen atoms in total. The minimum atomic E-state index is -0.159. The van der Waals surface area contributed by atoms with Crippen molar-refractivity contribution >= 4 is 11.8 Å². The molecule has 1 aromatic rings. The topological polar surface area (TPSA) is 12.0 Å². The Kier molecular flexibility index (Phi) is 3.32. The second-order valence-corrected chi connectivity index (χ2v) is 5.76. The molecule has 0 amide bonds. The van der Waals surface area contributed by atoms with E-state index in [2.05, 4.69) is 12.2 Å². The zero-order valence-corrected chi connectivity index (χ0v) is 9.74. The molecule has 82 valence electrons. The van der Waals surface area contributed by atoms with Crippen LogP contribution in [0.25, 0.3) is 0 Å². The summed E-state index contributed by atoms with van der Waals surface area (Å²) < 4.78 is 12.7. The Balaban J connectivity index is 2.03. The number of nitrogens with one attached hydrogen (secondary N) is 1. The summed E-state index contributed by atoms with van der Waals surface area (Å²) in [5, 5.41) is 3.53. The Morgan fingerprint density at radius 2 is 2.13 bits per heavy atom. The van der Waals surface area contributed by atoms with Gasteiger partial charge in [-0.1, -0.05) is 12.1 Å². The zero-order valence-electron chi connectivity index (χ0n) is 8.92. The highest BCUT2D eigenvalue weighted by Gasteiger charge is 2.26. The van der Waals surface area contributed by atoms with Crippen LogP contribution in [0.3, 0.4) is 0 Å². The van der Waals surface area contributed by atoms with Crippen molar-refractivity contribution in [2.45, 2.75) is 24.6 Å². The molecule has 1 aromatic carbocycles. The van der Waals surface area contributed by atoms with Crippen molar-refractivity contribution in [3.8, 4) is 0 Å². The van der Waals surface area contributed by atoms with E-state index in [4.69, 9.17) is 0 Å². The monoisotopic (exact) mass is 225 g/mol. The van der Waals surface area contributed by atoms with Gasteiger partial charge in [-0.3, -0.25) is 0 Å². The fourth-order valence-electron chi connectivity index (χ4n) is 1.88. The van der Waals surface area contributed by atoms with Gasteiger partial charge in [0.05, 0.1) is 4.87 Å². The average molecular weight is 225 g/mol. The van der Waals surface area contributed by atoms with E-state index in [1.54, 1.807) is 0 Å². The van der Waals surface area contributed by atoms with Crippen LogP contribution in [0, 0.1) is 5.82 Å². The lowest BCUT2D eigenvalue weighted by Gasteiger charge is -2.34. The average Bonchev–Trinajstić information content (AvgIpc) is 2.22. The lowest BCUT2D eigenvalue weighted by Crippen LogP contribution is -2.45. The highest BCUT2D eigenvalue weighted by Crippen LogP contribution is 2.29. The van der Waals surface area contributed by atoms with Gasteiger partial charge < -0.3 is 5.32 Å². The molecule has 15 heavy (non-hydrogen) atoms. The smallest absolute Gasteiger partial charge is 0.123 e. The summed E-state index contributed by atoms with van der Waals surface area (Å²) >= 11 is 1.96. The summed E-state index contributed by atoms with van der Waals surface area (Å²) in [5.41, 5.74) is 1.20. The van der Waals surface area contributed by atoms with Gasteiger partial charge in [-0.05, 0) is 49.8 Å². The van der Waals surface area contributed by atoms with E-state index in [-0.39, 0.29) is 10.7 Å².